The zero-order valence-corrected chi connectivity index (χ0v) is 7.59. The first-order chi connectivity index (χ1) is 4.95. The van der Waals surface area contributed by atoms with E-state index in [0.29, 0.717) is 0 Å². The van der Waals surface area contributed by atoms with Crippen LogP contribution in [0.25, 0.3) is 0 Å². The van der Waals surface area contributed by atoms with Gasteiger partial charge in [-0.2, -0.15) is 0 Å². The maximum absolute atomic E-state index is 10.9. The average molecular weight is 159 g/mol. The Hall–Kier alpha value is -0.410. The molecule has 1 unspecified atom stereocenters. The first-order valence-corrected chi connectivity index (χ1v) is 3.89. The van der Waals surface area contributed by atoms with Gasteiger partial charge in [0, 0.05) is 0 Å². The molecule has 0 fully saturated rings. The van der Waals surface area contributed by atoms with Crippen LogP contribution in [-0.2, 0) is 4.79 Å². The van der Waals surface area contributed by atoms with Crippen LogP contribution < -0.4 is 5.32 Å². The van der Waals surface area contributed by atoms with E-state index in [2.05, 4.69) is 5.32 Å². The second-order valence-electron chi connectivity index (χ2n) is 3.17. The summed E-state index contributed by atoms with van der Waals surface area (Å²) in [4.78, 5) is 10.9. The minimum Gasteiger partial charge on any atom is -0.379 e. The lowest BCUT2D eigenvalue weighted by Crippen LogP contribution is -2.44. The molecule has 0 aliphatic heterocycles. The second kappa shape index (κ2) is 4.46. The Kier molecular flexibility index (Phi) is 4.30. The molecular formula is C8H17NO2. The predicted octanol–water partition coefficient (Wildman–Crippen LogP) is 0.528. The number of hydrogen-bond donors (Lipinski definition) is 2. The van der Waals surface area contributed by atoms with E-state index in [4.69, 9.17) is 5.11 Å². The highest BCUT2D eigenvalue weighted by molar-refractivity contribution is 5.81. The van der Waals surface area contributed by atoms with Gasteiger partial charge in [-0.3, -0.25) is 10.1 Å². The third-order valence-electron chi connectivity index (χ3n) is 1.53. The van der Waals surface area contributed by atoms with E-state index in [1.165, 1.54) is 6.92 Å². The molecule has 11 heavy (non-hydrogen) atoms. The molecule has 0 spiro atoms. The molecule has 2 N–H and O–H groups in total. The zero-order chi connectivity index (χ0) is 9.02. The molecule has 0 saturated carbocycles. The lowest BCUT2D eigenvalue weighted by molar-refractivity contribution is -0.120. The first-order valence-electron chi connectivity index (χ1n) is 3.89. The quantitative estimate of drug-likeness (QED) is 0.588. The summed E-state index contributed by atoms with van der Waals surface area (Å²) in [5.41, 5.74) is 0. The summed E-state index contributed by atoms with van der Waals surface area (Å²) < 4.78 is 0. The van der Waals surface area contributed by atoms with Crippen LogP contribution in [0.3, 0.4) is 0 Å². The maximum Gasteiger partial charge on any atom is 0.147 e. The fourth-order valence-electron chi connectivity index (χ4n) is 1.04. The lowest BCUT2D eigenvalue weighted by atomic mass is 10.0. The number of aliphatic hydroxyl groups excluding tert-OH is 1. The molecule has 66 valence electrons. The Bertz CT molecular complexity index is 132. The summed E-state index contributed by atoms with van der Waals surface area (Å²) in [5, 5.41) is 11.7. The van der Waals surface area contributed by atoms with Crippen molar-refractivity contribution in [3.63, 3.8) is 0 Å². The van der Waals surface area contributed by atoms with Crippen molar-refractivity contribution in [3.8, 4) is 0 Å². The molecule has 0 aromatic heterocycles. The zero-order valence-electron chi connectivity index (χ0n) is 7.59. The summed E-state index contributed by atoms with van der Waals surface area (Å²) in [6.07, 6.45) is -0.619. The van der Waals surface area contributed by atoms with Crippen molar-refractivity contribution in [2.75, 3.05) is 0 Å². The third kappa shape index (κ3) is 4.11. The van der Waals surface area contributed by atoms with Crippen molar-refractivity contribution in [3.05, 3.63) is 0 Å². The van der Waals surface area contributed by atoms with Gasteiger partial charge in [0.1, 0.15) is 12.0 Å². The van der Waals surface area contributed by atoms with Crippen molar-refractivity contribution in [2.45, 2.75) is 40.0 Å². The van der Waals surface area contributed by atoms with Gasteiger partial charge in [0.25, 0.3) is 0 Å². The Balaban J connectivity index is 4.01. The van der Waals surface area contributed by atoms with Gasteiger partial charge in [-0.05, 0) is 19.8 Å². The van der Waals surface area contributed by atoms with Crippen LogP contribution in [0.4, 0.5) is 0 Å². The third-order valence-corrected chi connectivity index (χ3v) is 1.53. The molecule has 3 nitrogen and oxygen atoms in total. The summed E-state index contributed by atoms with van der Waals surface area (Å²) in [5.74, 6) is 0.294. The molecule has 0 aliphatic rings. The average Bonchev–Trinajstić information content (AvgIpc) is 1.81. The van der Waals surface area contributed by atoms with Crippen LogP contribution in [0.2, 0.25) is 0 Å². The lowest BCUT2D eigenvalue weighted by Gasteiger charge is -2.21. The van der Waals surface area contributed by atoms with Gasteiger partial charge >= 0.3 is 0 Å². The molecular weight excluding hydrogens is 142 g/mol. The topological polar surface area (TPSA) is 49.3 Å². The molecule has 3 heteroatoms. The van der Waals surface area contributed by atoms with Crippen molar-refractivity contribution in [1.29, 1.82) is 0 Å². The van der Waals surface area contributed by atoms with Gasteiger partial charge < -0.3 is 5.11 Å². The van der Waals surface area contributed by atoms with Crippen LogP contribution >= 0.6 is 0 Å². The fourth-order valence-corrected chi connectivity index (χ4v) is 1.04. The van der Waals surface area contributed by atoms with Gasteiger partial charge in [0.05, 0.1) is 6.04 Å². The van der Waals surface area contributed by atoms with Gasteiger partial charge in [-0.1, -0.05) is 13.8 Å². The van der Waals surface area contributed by atoms with Gasteiger partial charge in [-0.25, -0.2) is 0 Å². The van der Waals surface area contributed by atoms with Crippen LogP contribution in [0.15, 0.2) is 0 Å². The van der Waals surface area contributed by atoms with Gasteiger partial charge in [-0.15, -0.1) is 0 Å². The molecule has 2 atom stereocenters. The van der Waals surface area contributed by atoms with Crippen LogP contribution in [-0.4, -0.2) is 23.2 Å². The van der Waals surface area contributed by atoms with E-state index in [-0.39, 0.29) is 17.7 Å². The van der Waals surface area contributed by atoms with Crippen molar-refractivity contribution < 1.29 is 9.90 Å². The number of carbonyl (C=O) groups excluding carboxylic acids is 1. The summed E-state index contributed by atoms with van der Waals surface area (Å²) >= 11 is 0. The van der Waals surface area contributed by atoms with Crippen molar-refractivity contribution >= 4 is 5.78 Å². The highest BCUT2D eigenvalue weighted by Gasteiger charge is 2.18. The Morgan fingerprint density at radius 2 is 1.82 bits per heavy atom. The molecule has 0 amide bonds. The van der Waals surface area contributed by atoms with Crippen LogP contribution in [0, 0.1) is 5.92 Å². The van der Waals surface area contributed by atoms with Crippen molar-refractivity contribution in [2.24, 2.45) is 5.92 Å². The normalized spacial score (nSPS) is 16.5. The number of Topliss-reactive ketones (excluding diaryl/α,β-unsaturated/α-hetero) is 1. The number of hydrogen-bond acceptors (Lipinski definition) is 3. The minimum absolute atomic E-state index is 0.0703. The van der Waals surface area contributed by atoms with Crippen molar-refractivity contribution in [1.82, 2.24) is 5.32 Å². The molecule has 0 radical (unpaired) electrons. The highest BCUT2D eigenvalue weighted by atomic mass is 16.3. The smallest absolute Gasteiger partial charge is 0.147 e. The molecule has 0 aromatic rings. The van der Waals surface area contributed by atoms with Gasteiger partial charge in [0.2, 0.25) is 0 Å². The number of ketones is 1. The number of nitrogens with one attached hydrogen (secondary N) is 1. The Morgan fingerprint density at radius 3 is 1.91 bits per heavy atom. The molecule has 0 saturated heterocycles. The molecule has 0 aliphatic carbocycles. The van der Waals surface area contributed by atoms with Crippen LogP contribution in [0.1, 0.15) is 27.7 Å². The SMILES string of the molecule is CC(=O)[C@@H](NC(C)O)C(C)C. The summed E-state index contributed by atoms with van der Waals surface area (Å²) in [7, 11) is 0. The number of aliphatic hydroxyl groups is 1. The Morgan fingerprint density at radius 1 is 1.36 bits per heavy atom. The highest BCUT2D eigenvalue weighted by Crippen LogP contribution is 2.02. The van der Waals surface area contributed by atoms with Gasteiger partial charge in [0.15, 0.2) is 0 Å². The molecule has 0 aromatic carbocycles. The monoisotopic (exact) mass is 159 g/mol. The summed E-state index contributed by atoms with van der Waals surface area (Å²) in [6, 6.07) is -0.227. The van der Waals surface area contributed by atoms with Crippen LogP contribution in [0.5, 0.6) is 0 Å². The fraction of sp³-hybridized carbons (Fsp3) is 0.875. The second-order valence-corrected chi connectivity index (χ2v) is 3.17. The molecule has 0 bridgehead atoms. The number of carbonyl (C=O) groups is 1. The van der Waals surface area contributed by atoms with E-state index >= 15 is 0 Å². The first kappa shape index (κ1) is 10.6. The maximum atomic E-state index is 10.9. The number of rotatable bonds is 4. The standard InChI is InChI=1S/C8H17NO2/c1-5(2)8(6(3)10)9-7(4)11/h5,7-9,11H,1-4H3/t7?,8-/m0/s1. The Labute approximate surface area is 67.8 Å². The van der Waals surface area contributed by atoms with E-state index in [1.807, 2.05) is 13.8 Å². The summed E-state index contributed by atoms with van der Waals surface area (Å²) in [6.45, 7) is 7.03. The van der Waals surface area contributed by atoms with E-state index in [1.54, 1.807) is 6.92 Å². The molecule has 0 heterocycles. The van der Waals surface area contributed by atoms with E-state index in [0.717, 1.165) is 0 Å². The minimum atomic E-state index is -0.619. The largest absolute Gasteiger partial charge is 0.379 e. The van der Waals surface area contributed by atoms with E-state index < -0.39 is 6.23 Å². The molecule has 0 rings (SSSR count). The van der Waals surface area contributed by atoms with E-state index in [9.17, 15) is 4.79 Å². The predicted molar refractivity (Wildman–Crippen MR) is 44.1 cm³/mol.